The van der Waals surface area contributed by atoms with Gasteiger partial charge in [0.2, 0.25) is 0 Å². The minimum atomic E-state index is -0.172. The predicted molar refractivity (Wildman–Crippen MR) is 116 cm³/mol. The summed E-state index contributed by atoms with van der Waals surface area (Å²) in [4.78, 5) is 27.2. The molecule has 2 aliphatic rings. The van der Waals surface area contributed by atoms with Crippen molar-refractivity contribution in [2.24, 2.45) is 0 Å². The highest BCUT2D eigenvalue weighted by Crippen LogP contribution is 2.35. The van der Waals surface area contributed by atoms with Gasteiger partial charge in [0.05, 0.1) is 18.1 Å². The number of amides is 1. The zero-order valence-electron chi connectivity index (χ0n) is 17.3. The van der Waals surface area contributed by atoms with Crippen LogP contribution in [0.3, 0.4) is 0 Å². The fraction of sp³-hybridized carbons (Fsp3) is 0.348. The van der Waals surface area contributed by atoms with Crippen LogP contribution in [0, 0.1) is 13.8 Å². The monoisotopic (exact) mass is 439 g/mol. The number of aromatic nitrogens is 2. The van der Waals surface area contributed by atoms with Crippen LogP contribution >= 0.6 is 11.6 Å². The number of halogens is 1. The van der Waals surface area contributed by atoms with Gasteiger partial charge in [-0.15, -0.1) is 0 Å². The minimum Gasteiger partial charge on any atom is -0.486 e. The Bertz CT molecular complexity index is 1220. The Morgan fingerprint density at radius 1 is 1.19 bits per heavy atom. The van der Waals surface area contributed by atoms with Crippen LogP contribution < -0.4 is 10.3 Å². The van der Waals surface area contributed by atoms with E-state index in [0.717, 1.165) is 18.5 Å². The second-order valence-electron chi connectivity index (χ2n) is 8.16. The van der Waals surface area contributed by atoms with E-state index in [2.05, 4.69) is 5.16 Å². The van der Waals surface area contributed by atoms with E-state index in [1.807, 2.05) is 35.8 Å². The highest BCUT2D eigenvalue weighted by Gasteiger charge is 2.36. The van der Waals surface area contributed by atoms with Gasteiger partial charge in [0, 0.05) is 23.4 Å². The Morgan fingerprint density at radius 3 is 2.61 bits per heavy atom. The molecule has 0 bridgehead atoms. The van der Waals surface area contributed by atoms with Crippen molar-refractivity contribution in [1.82, 2.24) is 14.6 Å². The summed E-state index contributed by atoms with van der Waals surface area (Å²) in [7, 11) is 0. The third-order valence-corrected chi connectivity index (χ3v) is 6.12. The standard InChI is InChI=1S/C23H22ClN3O4/c1-13-9-16(10-20(28)27(13)15-7-8-15)30-17-11-26(12-17)23(29)21-14(2)31-25-22(21)18-5-3-4-6-19(18)24/h3-6,9-10,15,17H,7-8,11-12H2,1-2H3. The van der Waals surface area contributed by atoms with Gasteiger partial charge in [0.15, 0.2) is 0 Å². The van der Waals surface area contributed by atoms with Gasteiger partial charge in [-0.3, -0.25) is 9.59 Å². The molecule has 3 aromatic rings. The smallest absolute Gasteiger partial charge is 0.260 e. The molecule has 1 aliphatic carbocycles. The van der Waals surface area contributed by atoms with E-state index in [1.165, 1.54) is 6.07 Å². The summed E-state index contributed by atoms with van der Waals surface area (Å²) >= 11 is 6.29. The molecule has 2 aromatic heterocycles. The van der Waals surface area contributed by atoms with Gasteiger partial charge < -0.3 is 18.7 Å². The maximum atomic E-state index is 13.1. The van der Waals surface area contributed by atoms with Gasteiger partial charge in [-0.2, -0.15) is 0 Å². The van der Waals surface area contributed by atoms with Crippen LogP contribution in [0.5, 0.6) is 5.75 Å². The number of hydrogen-bond donors (Lipinski definition) is 0. The largest absolute Gasteiger partial charge is 0.486 e. The molecule has 0 N–H and O–H groups in total. The van der Waals surface area contributed by atoms with E-state index in [9.17, 15) is 9.59 Å². The Balaban J connectivity index is 1.29. The first kappa shape index (κ1) is 19.9. The van der Waals surface area contributed by atoms with Crippen LogP contribution in [0.4, 0.5) is 0 Å². The third kappa shape index (κ3) is 3.63. The number of aryl methyl sites for hydroxylation is 2. The summed E-state index contributed by atoms with van der Waals surface area (Å²) in [5.41, 5.74) is 2.38. The summed E-state index contributed by atoms with van der Waals surface area (Å²) < 4.78 is 13.1. The van der Waals surface area contributed by atoms with Crippen molar-refractivity contribution in [2.75, 3.05) is 13.1 Å². The SMILES string of the molecule is Cc1onc(-c2ccccc2Cl)c1C(=O)N1CC(Oc2cc(C)n(C3CC3)c(=O)c2)C1. The number of nitrogens with zero attached hydrogens (tertiary/aromatic N) is 3. The topological polar surface area (TPSA) is 77.6 Å². The molecule has 0 unspecified atom stereocenters. The lowest BCUT2D eigenvalue weighted by molar-refractivity contribution is 0.0176. The van der Waals surface area contributed by atoms with E-state index >= 15 is 0 Å². The molecule has 1 aromatic carbocycles. The maximum absolute atomic E-state index is 13.1. The molecule has 3 heterocycles. The summed E-state index contributed by atoms with van der Waals surface area (Å²) in [6.45, 7) is 4.49. The van der Waals surface area contributed by atoms with Crippen LogP contribution in [-0.4, -0.2) is 39.7 Å². The summed E-state index contributed by atoms with van der Waals surface area (Å²) in [5.74, 6) is 0.826. The number of carbonyl (C=O) groups excluding carboxylic acids is 1. The molecule has 2 fully saturated rings. The van der Waals surface area contributed by atoms with Crippen LogP contribution in [0.1, 0.15) is 40.7 Å². The average molecular weight is 440 g/mol. The summed E-state index contributed by atoms with van der Waals surface area (Å²) in [6, 6.07) is 11.0. The molecule has 1 saturated heterocycles. The van der Waals surface area contributed by atoms with Crippen LogP contribution in [0.25, 0.3) is 11.3 Å². The fourth-order valence-electron chi connectivity index (χ4n) is 4.04. The van der Waals surface area contributed by atoms with Crippen LogP contribution in [0.15, 0.2) is 45.7 Å². The van der Waals surface area contributed by atoms with Crippen molar-refractivity contribution in [2.45, 2.75) is 38.8 Å². The normalized spacial score (nSPS) is 16.3. The van der Waals surface area contributed by atoms with Crippen molar-refractivity contribution in [1.29, 1.82) is 0 Å². The van der Waals surface area contributed by atoms with Crippen molar-refractivity contribution in [3.05, 3.63) is 68.8 Å². The molecule has 1 aliphatic heterocycles. The molecular formula is C23H22ClN3O4. The van der Waals surface area contributed by atoms with Gasteiger partial charge in [-0.05, 0) is 38.8 Å². The number of likely N-dealkylation sites (tertiary alicyclic amines) is 1. The molecule has 1 amide bonds. The second kappa shape index (κ2) is 7.57. The molecule has 31 heavy (non-hydrogen) atoms. The van der Waals surface area contributed by atoms with Gasteiger partial charge in [-0.1, -0.05) is 35.0 Å². The minimum absolute atomic E-state index is 0.0331. The number of rotatable bonds is 5. The van der Waals surface area contributed by atoms with E-state index < -0.39 is 0 Å². The van der Waals surface area contributed by atoms with Crippen LogP contribution in [0.2, 0.25) is 5.02 Å². The Morgan fingerprint density at radius 2 is 1.94 bits per heavy atom. The molecule has 0 radical (unpaired) electrons. The maximum Gasteiger partial charge on any atom is 0.260 e. The predicted octanol–water partition coefficient (Wildman–Crippen LogP) is 4.01. The number of ether oxygens (including phenoxy) is 1. The molecule has 8 heteroatoms. The molecule has 0 spiro atoms. The van der Waals surface area contributed by atoms with Crippen molar-refractivity contribution >= 4 is 17.5 Å². The molecule has 1 saturated carbocycles. The lowest BCUT2D eigenvalue weighted by Gasteiger charge is -2.39. The molecular weight excluding hydrogens is 418 g/mol. The van der Waals surface area contributed by atoms with Gasteiger partial charge in [-0.25, -0.2) is 0 Å². The molecule has 0 atom stereocenters. The highest BCUT2D eigenvalue weighted by molar-refractivity contribution is 6.33. The van der Waals surface area contributed by atoms with Gasteiger partial charge >= 0.3 is 0 Å². The second-order valence-corrected chi connectivity index (χ2v) is 8.57. The van der Waals surface area contributed by atoms with Crippen molar-refractivity contribution in [3.63, 3.8) is 0 Å². The Labute approximate surface area is 184 Å². The highest BCUT2D eigenvalue weighted by atomic mass is 35.5. The average Bonchev–Trinajstić information content (AvgIpc) is 3.45. The Kier molecular flexibility index (Phi) is 4.85. The third-order valence-electron chi connectivity index (χ3n) is 5.79. The number of hydrogen-bond acceptors (Lipinski definition) is 5. The van der Waals surface area contributed by atoms with E-state index in [-0.39, 0.29) is 17.6 Å². The molecule has 7 nitrogen and oxygen atoms in total. The first-order chi connectivity index (χ1) is 14.9. The zero-order valence-corrected chi connectivity index (χ0v) is 18.1. The Hall–Kier alpha value is -3.06. The molecule has 160 valence electrons. The van der Waals surface area contributed by atoms with Crippen molar-refractivity contribution < 1.29 is 14.1 Å². The van der Waals surface area contributed by atoms with Gasteiger partial charge in [0.1, 0.15) is 28.9 Å². The summed E-state index contributed by atoms with van der Waals surface area (Å²) in [6.07, 6.45) is 1.95. The number of carbonyl (C=O) groups is 1. The first-order valence-electron chi connectivity index (χ1n) is 10.3. The van der Waals surface area contributed by atoms with Gasteiger partial charge in [0.25, 0.3) is 11.5 Å². The van der Waals surface area contributed by atoms with E-state index in [0.29, 0.717) is 52.5 Å². The quantitative estimate of drug-likeness (QED) is 0.600. The first-order valence-corrected chi connectivity index (χ1v) is 10.7. The molecule has 5 rings (SSSR count). The lowest BCUT2D eigenvalue weighted by atomic mass is 10.0. The van der Waals surface area contributed by atoms with E-state index in [1.54, 1.807) is 17.9 Å². The fourth-order valence-corrected chi connectivity index (χ4v) is 4.27. The lowest BCUT2D eigenvalue weighted by Crippen LogP contribution is -2.56. The van der Waals surface area contributed by atoms with Crippen LogP contribution in [-0.2, 0) is 0 Å². The summed E-state index contributed by atoms with van der Waals surface area (Å²) in [5, 5.41) is 4.57. The zero-order chi connectivity index (χ0) is 21.7. The van der Waals surface area contributed by atoms with E-state index in [4.69, 9.17) is 20.9 Å². The number of pyridine rings is 1. The number of benzene rings is 1. The van der Waals surface area contributed by atoms with Crippen molar-refractivity contribution in [3.8, 4) is 17.0 Å².